The highest BCUT2D eigenvalue weighted by atomic mass is 32.1. The van der Waals surface area contributed by atoms with Gasteiger partial charge in [-0.05, 0) is 56.3 Å². The van der Waals surface area contributed by atoms with Gasteiger partial charge in [0.1, 0.15) is 18.9 Å². The number of fused-ring (bicyclic) bond motifs is 1. The average Bonchev–Trinajstić information content (AvgIpc) is 3.60. The number of nitro benzene ring substituents is 1. The van der Waals surface area contributed by atoms with Crippen molar-refractivity contribution in [3.63, 3.8) is 0 Å². The minimum absolute atomic E-state index is 0.0310. The minimum Gasteiger partial charge on any atom is -0.486 e. The molecule has 0 spiro atoms. The molecule has 0 N–H and O–H groups in total. The van der Waals surface area contributed by atoms with Crippen LogP contribution >= 0.6 is 11.3 Å². The Bertz CT molecular complexity index is 1800. The first kappa shape index (κ1) is 26.2. The lowest BCUT2D eigenvalue weighted by molar-refractivity contribution is -0.384. The van der Waals surface area contributed by atoms with Gasteiger partial charge in [0.05, 0.1) is 22.5 Å². The number of hydrogen-bond donors (Lipinski definition) is 0. The number of ether oxygens (including phenoxy) is 2. The quantitative estimate of drug-likeness (QED) is 0.138. The monoisotopic (exact) mass is 566 g/mol. The topological polar surface area (TPSA) is 109 Å². The summed E-state index contributed by atoms with van der Waals surface area (Å²) in [5.41, 5.74) is 4.89. The summed E-state index contributed by atoms with van der Waals surface area (Å²) in [5, 5.41) is 22.9. The zero-order valence-electron chi connectivity index (χ0n) is 22.4. The molecular weight excluding hydrogens is 540 g/mol. The first-order valence-electron chi connectivity index (χ1n) is 13.0. The van der Waals surface area contributed by atoms with Gasteiger partial charge in [-0.25, -0.2) is 9.36 Å². The molecule has 0 radical (unpaired) electrons. The van der Waals surface area contributed by atoms with E-state index in [0.29, 0.717) is 29.5 Å². The Kier molecular flexibility index (Phi) is 7.17. The first-order valence-corrected chi connectivity index (χ1v) is 13.9. The van der Waals surface area contributed by atoms with Crippen molar-refractivity contribution in [1.82, 2.24) is 14.5 Å². The fraction of sp³-hybridized carbons (Fsp3) is 0.167. The Morgan fingerprint density at radius 2 is 1.73 bits per heavy atom. The maximum Gasteiger partial charge on any atom is 0.269 e. The van der Waals surface area contributed by atoms with Crippen molar-refractivity contribution < 1.29 is 14.4 Å². The molecule has 1 aliphatic heterocycles. The van der Waals surface area contributed by atoms with Gasteiger partial charge < -0.3 is 9.47 Å². The number of nitro groups is 1. The molecule has 0 atom stereocenters. The van der Waals surface area contributed by atoms with E-state index in [1.807, 2.05) is 78.6 Å². The molecule has 0 saturated carbocycles. The molecule has 0 unspecified atom stereocenters. The molecule has 3 heterocycles. The molecule has 0 amide bonds. The Hall–Kier alpha value is -5.03. The maximum absolute atomic E-state index is 11.2. The highest BCUT2D eigenvalue weighted by Gasteiger charge is 2.17. The van der Waals surface area contributed by atoms with Crippen molar-refractivity contribution in [3.05, 3.63) is 105 Å². The third-order valence-corrected chi connectivity index (χ3v) is 7.15. The number of para-hydroxylation sites is 1. The molecule has 3 aromatic carbocycles. The Morgan fingerprint density at radius 3 is 2.46 bits per heavy atom. The number of nitrogens with zero attached hydrogens (tertiary/aromatic N) is 6. The van der Waals surface area contributed by atoms with Crippen molar-refractivity contribution >= 4 is 23.2 Å². The van der Waals surface area contributed by atoms with Gasteiger partial charge in [-0.2, -0.15) is 10.2 Å². The predicted molar refractivity (Wildman–Crippen MR) is 158 cm³/mol. The number of non-ortho nitro benzene ring substituents is 1. The van der Waals surface area contributed by atoms with E-state index < -0.39 is 4.92 Å². The van der Waals surface area contributed by atoms with Crippen molar-refractivity contribution in [2.75, 3.05) is 13.2 Å². The number of thiazole rings is 1. The summed E-state index contributed by atoms with van der Waals surface area (Å²) in [6.07, 6.45) is 3.70. The first-order chi connectivity index (χ1) is 20.0. The van der Waals surface area contributed by atoms with Crippen molar-refractivity contribution in [2.24, 2.45) is 10.1 Å². The SMILES string of the molecule is CC(C)N=c1scc(-c2ccc([N+](=O)[O-])cc2)n1/N=C\c1cn(-c2ccccc2)nc1-c1ccc2c(c1)OCCO2. The van der Waals surface area contributed by atoms with Crippen molar-refractivity contribution in [3.8, 4) is 39.7 Å². The van der Waals surface area contributed by atoms with Gasteiger partial charge >= 0.3 is 0 Å². The lowest BCUT2D eigenvalue weighted by atomic mass is 10.1. The number of aromatic nitrogens is 3. The summed E-state index contributed by atoms with van der Waals surface area (Å²) < 4.78 is 15.1. The highest BCUT2D eigenvalue weighted by Crippen LogP contribution is 2.35. The van der Waals surface area contributed by atoms with Gasteiger partial charge in [0.15, 0.2) is 11.5 Å². The predicted octanol–water partition coefficient (Wildman–Crippen LogP) is 5.94. The van der Waals surface area contributed by atoms with Crippen LogP contribution in [0.3, 0.4) is 0 Å². The second kappa shape index (κ2) is 11.2. The molecule has 0 saturated heterocycles. The van der Waals surface area contributed by atoms with E-state index in [-0.39, 0.29) is 11.7 Å². The molecule has 11 heteroatoms. The van der Waals surface area contributed by atoms with Gasteiger partial charge in [-0.3, -0.25) is 15.1 Å². The second-order valence-electron chi connectivity index (χ2n) is 9.56. The van der Waals surface area contributed by atoms with Gasteiger partial charge in [-0.1, -0.05) is 18.2 Å². The van der Waals surface area contributed by atoms with Crippen molar-refractivity contribution in [2.45, 2.75) is 19.9 Å². The largest absolute Gasteiger partial charge is 0.486 e. The summed E-state index contributed by atoms with van der Waals surface area (Å²) in [6, 6.07) is 22.1. The number of hydrogen-bond acceptors (Lipinski definition) is 8. The van der Waals surface area contributed by atoms with Crippen LogP contribution in [0.5, 0.6) is 11.5 Å². The molecule has 0 bridgehead atoms. The second-order valence-corrected chi connectivity index (χ2v) is 10.4. The summed E-state index contributed by atoms with van der Waals surface area (Å²) in [4.78, 5) is 16.2. The number of rotatable bonds is 7. The molecule has 2 aromatic heterocycles. The van der Waals surface area contributed by atoms with Crippen LogP contribution in [0.2, 0.25) is 0 Å². The van der Waals surface area contributed by atoms with Crippen LogP contribution in [0.1, 0.15) is 19.4 Å². The van der Waals surface area contributed by atoms with Crippen LogP contribution in [-0.2, 0) is 0 Å². The maximum atomic E-state index is 11.2. The van der Waals surface area contributed by atoms with Crippen LogP contribution in [-0.4, -0.2) is 44.9 Å². The van der Waals surface area contributed by atoms with E-state index in [1.165, 1.54) is 23.5 Å². The van der Waals surface area contributed by atoms with E-state index in [9.17, 15) is 10.1 Å². The van der Waals surface area contributed by atoms with E-state index in [2.05, 4.69) is 0 Å². The fourth-order valence-electron chi connectivity index (χ4n) is 4.40. The molecule has 6 rings (SSSR count). The van der Waals surface area contributed by atoms with Crippen LogP contribution in [0, 0.1) is 10.1 Å². The van der Waals surface area contributed by atoms with E-state index in [0.717, 1.165) is 33.8 Å². The van der Waals surface area contributed by atoms with E-state index in [1.54, 1.807) is 23.0 Å². The Morgan fingerprint density at radius 1 is 1.00 bits per heavy atom. The molecule has 1 aliphatic rings. The molecular formula is C30H26N6O4S. The number of benzene rings is 3. The average molecular weight is 567 g/mol. The van der Waals surface area contributed by atoms with Crippen LogP contribution in [0.15, 0.2) is 94.5 Å². The summed E-state index contributed by atoms with van der Waals surface area (Å²) in [6.45, 7) is 5.02. The normalized spacial score (nSPS) is 13.3. The summed E-state index contributed by atoms with van der Waals surface area (Å²) in [5.74, 6) is 1.39. The van der Waals surface area contributed by atoms with Crippen LogP contribution in [0.4, 0.5) is 5.69 Å². The minimum atomic E-state index is -0.410. The molecule has 10 nitrogen and oxygen atoms in total. The van der Waals surface area contributed by atoms with Crippen molar-refractivity contribution in [1.29, 1.82) is 0 Å². The zero-order chi connectivity index (χ0) is 28.3. The lowest BCUT2D eigenvalue weighted by Crippen LogP contribution is -2.15. The molecule has 206 valence electrons. The third-order valence-electron chi connectivity index (χ3n) is 6.32. The zero-order valence-corrected chi connectivity index (χ0v) is 23.2. The Labute approximate surface area is 239 Å². The van der Waals surface area contributed by atoms with E-state index in [4.69, 9.17) is 24.7 Å². The highest BCUT2D eigenvalue weighted by molar-refractivity contribution is 7.07. The molecule has 0 aliphatic carbocycles. The lowest BCUT2D eigenvalue weighted by Gasteiger charge is -2.18. The van der Waals surface area contributed by atoms with Crippen LogP contribution in [0.25, 0.3) is 28.2 Å². The standard InChI is InChI=1S/C30H26N6O4S/c1-20(2)32-30-35(26(19-41-30)21-8-11-25(12-9-21)36(37)38)31-17-23-18-34(24-6-4-3-5-7-24)33-29(23)22-10-13-27-28(16-22)40-15-14-39-27/h3-13,16-20H,14-15H2,1-2H3/b31-17-,32-30?. The van der Waals surface area contributed by atoms with Gasteiger partial charge in [0.2, 0.25) is 4.80 Å². The molecule has 41 heavy (non-hydrogen) atoms. The Balaban J connectivity index is 1.46. The smallest absolute Gasteiger partial charge is 0.269 e. The third kappa shape index (κ3) is 5.52. The van der Waals surface area contributed by atoms with Crippen LogP contribution < -0.4 is 14.3 Å². The summed E-state index contributed by atoms with van der Waals surface area (Å²) >= 11 is 1.46. The van der Waals surface area contributed by atoms with Gasteiger partial charge in [0.25, 0.3) is 5.69 Å². The molecule has 0 fully saturated rings. The summed E-state index contributed by atoms with van der Waals surface area (Å²) in [7, 11) is 0. The van der Waals surface area contributed by atoms with Gasteiger partial charge in [-0.15, -0.1) is 11.3 Å². The molecule has 5 aromatic rings. The van der Waals surface area contributed by atoms with Gasteiger partial charge in [0, 0.05) is 46.4 Å². The van der Waals surface area contributed by atoms with E-state index >= 15 is 0 Å². The fourth-order valence-corrected chi connectivity index (χ4v) is 5.37.